The van der Waals surface area contributed by atoms with Crippen molar-refractivity contribution in [1.29, 1.82) is 0 Å². The maximum absolute atomic E-state index is 12.3. The molecule has 6 aromatic rings. The average molecular weight is 2120 g/mol. The Bertz CT molecular complexity index is 6430. The number of nitrogens with one attached hydrogen (secondary N) is 5. The average Bonchev–Trinajstić information content (AvgIpc) is 1.59. The van der Waals surface area contributed by atoms with Crippen LogP contribution in [0.1, 0.15) is 149 Å². The number of aromatic nitrogens is 12. The molecule has 142 heavy (non-hydrogen) atoms. The largest absolute Gasteiger partial charge is 0.388 e. The zero-order valence-electron chi connectivity index (χ0n) is 84.6. The van der Waals surface area contributed by atoms with Gasteiger partial charge in [0.05, 0.1) is 70.0 Å². The maximum Gasteiger partial charge on any atom is 0.332 e. The van der Waals surface area contributed by atoms with Crippen LogP contribution < -0.4 is 67.5 Å². The van der Waals surface area contributed by atoms with Crippen LogP contribution in [0.25, 0.3) is 6.20 Å². The van der Waals surface area contributed by atoms with Crippen molar-refractivity contribution in [2.24, 2.45) is 14.1 Å². The number of aromatic amines is 5. The van der Waals surface area contributed by atoms with E-state index in [1.165, 1.54) is 86.4 Å². The van der Waals surface area contributed by atoms with E-state index < -0.39 is 255 Å². The number of rotatable bonds is 33. The molecular formula is C94H154N12O30P6. The van der Waals surface area contributed by atoms with Gasteiger partial charge in [-0.3, -0.25) is 67.4 Å². The highest BCUT2D eigenvalue weighted by Crippen LogP contribution is 2.47. The lowest BCUT2D eigenvalue weighted by atomic mass is 10.0. The molecule has 6 aromatic heterocycles. The summed E-state index contributed by atoms with van der Waals surface area (Å²) in [5.74, 6) is 0. The molecule has 0 saturated carbocycles. The van der Waals surface area contributed by atoms with Gasteiger partial charge in [0.15, 0.2) is 0 Å². The van der Waals surface area contributed by atoms with Gasteiger partial charge in [0.25, 0.3) is 33.4 Å². The highest BCUT2D eigenvalue weighted by molar-refractivity contribution is 7.73. The summed E-state index contributed by atoms with van der Waals surface area (Å²) in [6.45, 7) is 31.6. The van der Waals surface area contributed by atoms with Gasteiger partial charge in [-0.2, -0.15) is 0 Å². The number of aliphatic hydroxyl groups excluding tert-OH is 12. The van der Waals surface area contributed by atoms with E-state index in [0.717, 1.165) is 65.4 Å². The summed E-state index contributed by atoms with van der Waals surface area (Å²) in [6, 6.07) is 0. The first-order chi connectivity index (χ1) is 65.7. The molecule has 12 heterocycles. The Kier molecular flexibility index (Phi) is 44.1. The van der Waals surface area contributed by atoms with Gasteiger partial charge in [-0.25, -0.2) is 28.8 Å². The monoisotopic (exact) mass is 2120 g/mol. The van der Waals surface area contributed by atoms with Crippen molar-refractivity contribution in [3.05, 3.63) is 215 Å². The van der Waals surface area contributed by atoms with E-state index in [1.807, 2.05) is 13.8 Å². The van der Waals surface area contributed by atoms with E-state index in [0.29, 0.717) is 58.2 Å². The first-order valence-electron chi connectivity index (χ1n) is 47.1. The summed E-state index contributed by atoms with van der Waals surface area (Å²) >= 11 is 0. The molecular weight excluding hydrogens is 1960 g/mol. The predicted octanol–water partition coefficient (Wildman–Crippen LogP) is -0.151. The van der Waals surface area contributed by atoms with E-state index in [4.69, 9.17) is 28.4 Å². The van der Waals surface area contributed by atoms with Crippen LogP contribution in [0, 0.1) is 0 Å². The maximum atomic E-state index is 12.3. The van der Waals surface area contributed by atoms with Gasteiger partial charge >= 0.3 is 34.1 Å². The second-order valence-corrected chi connectivity index (χ2v) is 67.2. The quantitative estimate of drug-likeness (QED) is 0.0188. The number of hydrogen-bond acceptors (Lipinski definition) is 30. The fraction of sp³-hybridized carbons (Fsp3) is 0.638. The number of hydrogen-bond donors (Lipinski definition) is 17. The van der Waals surface area contributed by atoms with Crippen LogP contribution >= 0.6 is 41.3 Å². The van der Waals surface area contributed by atoms with Gasteiger partial charge < -0.3 is 108 Å². The van der Waals surface area contributed by atoms with E-state index in [2.05, 4.69) is 156 Å². The second-order valence-electron chi connectivity index (χ2n) is 41.3. The Morgan fingerprint density at radius 1 is 0.317 bits per heavy atom. The third-order valence-electron chi connectivity index (χ3n) is 24.8. The highest BCUT2D eigenvalue weighted by Gasteiger charge is 2.51. The lowest BCUT2D eigenvalue weighted by Crippen LogP contribution is -2.40. The van der Waals surface area contributed by atoms with Gasteiger partial charge in [-0.05, 0) is 175 Å². The first kappa shape index (κ1) is 122. The zero-order chi connectivity index (χ0) is 107. The molecule has 0 amide bonds. The molecule has 0 spiro atoms. The molecule has 0 bridgehead atoms. The van der Waals surface area contributed by atoms with E-state index in [9.17, 15) is 119 Å². The molecule has 6 aliphatic rings. The topological polar surface area (TPSA) is 616 Å². The highest BCUT2D eigenvalue weighted by atomic mass is 31.2. The molecule has 0 unspecified atom stereocenters. The smallest absolute Gasteiger partial charge is 0.332 e. The lowest BCUT2D eigenvalue weighted by Gasteiger charge is -2.18. The minimum Gasteiger partial charge on any atom is -0.388 e. The molecule has 12 rings (SSSR count). The van der Waals surface area contributed by atoms with Crippen LogP contribution in [0.15, 0.2) is 114 Å². The summed E-state index contributed by atoms with van der Waals surface area (Å²) in [7, 11) is 2.90. The van der Waals surface area contributed by atoms with Crippen LogP contribution in [-0.4, -0.2) is 383 Å². The summed E-state index contributed by atoms with van der Waals surface area (Å²) < 4.78 is 43.3. The Morgan fingerprint density at radius 3 is 0.810 bits per heavy atom. The van der Waals surface area contributed by atoms with Crippen molar-refractivity contribution in [3.63, 3.8) is 0 Å². The van der Waals surface area contributed by atoms with Crippen molar-refractivity contribution in [2.45, 2.75) is 251 Å². The minimum atomic E-state index is -1.29. The van der Waals surface area contributed by atoms with E-state index >= 15 is 0 Å². The van der Waals surface area contributed by atoms with E-state index in [1.54, 1.807) is 6.92 Å². The number of nitrogens with zero attached hydrogens (tertiary/aromatic N) is 7. The Labute approximate surface area is 824 Å². The SMILES string of the molecule is C=CCn1cc([C@@H]2O[C@H](CCP(=C)(C)C)[C@@H](O)[C@H]2O)c(=O)[nH]c1=O.C=Cn1cc([C@@H]2O[C@H](CCP(=C)(C)C)[C@@H](O)[C@H]2O)c(=O)[nH]c1=O.C=P(C)(C)CC[C@H]1O[C@@H](c2cn(C)c(=O)n(C)c2=O)[C@H](O)[C@@H]1O.C=P(C)(C)CC[C@H]1O[C@@H](c2cn(CC)c(=O)[nH]c2=O)[C@H](O)[C@@H]1O.C=P(C)(C)CC[C@H]1O[C@@H](c2cn(CCC)c(=O)[nH]c2=O)[C@H](O)[C@@H]1O.C=P(C)(C)CC[C@H]1O[C@@H](c2cn(CCCC)c(=O)[nH]c2=O)[C@H](O)[C@@H]1O. The molecule has 0 aliphatic carbocycles. The molecule has 0 radical (unpaired) electrons. The standard InChI is InChI=1S/C17H29N2O5P.C16H27N2O5P.C16H25N2O5P.2C15H25N2O5P.C15H23N2O5P/c1-5-6-8-19-10-11(16(22)18-17(19)23)15-14(21)13(20)12(24-15)7-9-25(2,3)4;2*1-5-7-18-9-10(15(21)17-16(18)22)14-13(20)12(19)11(23-14)6-8-24(2,3)4;1-16-8-9(14(20)17(2)15(16)21)13-12(19)11(18)10(22-13)6-7-23(3,4)5;2*1-5-17-8-9(14(20)16-15(17)21)13-12(19)11(18)10(22-13)6-7-23(2,3)4/h10,12-15,20-21H,2,5-9H2,1,3-4H3,(H,18,22,23);9,11-14,19-20H,2,5-8H2,1,3-4H3,(H,17,21,22);5,9,11-14,19-20H,1-2,6-8H2,3-4H3,(H,17,21,22);8,10-13,18-19H,3,6-7H2,1-2,4-5H3;8,10-13,18-19H,2,5-7H2,1,3-4H3,(H,16,20,21);5,8,10-13,18-19H,1-2,6-7H2,3-4H3,(H,16,20,21)/t12-,13-,14-,15+;2*11-,12-,13-,14+;3*10-,11-,12-,13+/m111111/s1. The fourth-order valence-electron chi connectivity index (χ4n) is 16.5. The van der Waals surface area contributed by atoms with Gasteiger partial charge in [0.2, 0.25) is 0 Å². The summed E-state index contributed by atoms with van der Waals surface area (Å²) in [6.07, 6.45) is 23.8. The predicted molar refractivity (Wildman–Crippen MR) is 571 cm³/mol. The molecule has 800 valence electrons. The van der Waals surface area contributed by atoms with Crippen LogP contribution in [0.3, 0.4) is 0 Å². The Balaban J connectivity index is 0.000000231. The van der Waals surface area contributed by atoms with Crippen molar-refractivity contribution in [1.82, 2.24) is 56.9 Å². The first-order valence-corrected chi connectivity index (χ1v) is 65.4. The molecule has 42 nitrogen and oxygen atoms in total. The zero-order valence-corrected chi connectivity index (χ0v) is 90.0. The van der Waals surface area contributed by atoms with Crippen molar-refractivity contribution in [2.75, 3.05) is 117 Å². The third kappa shape index (κ3) is 33.3. The molecule has 6 saturated heterocycles. The van der Waals surface area contributed by atoms with Crippen molar-refractivity contribution in [3.8, 4) is 0 Å². The molecule has 6 aliphatic heterocycles. The molecule has 17 N–H and O–H groups in total. The molecule has 6 fully saturated rings. The van der Waals surface area contributed by atoms with Crippen LogP contribution in [-0.2, 0) is 68.7 Å². The molecule has 24 atom stereocenters. The number of ether oxygens (including phenoxy) is 6. The van der Waals surface area contributed by atoms with E-state index in [-0.39, 0.29) is 39.9 Å². The summed E-state index contributed by atoms with van der Waals surface area (Å²) in [4.78, 5) is 154. The lowest BCUT2D eigenvalue weighted by molar-refractivity contribution is 0.00476. The third-order valence-corrected chi connectivity index (χ3v) is 33.6. The number of H-pyrrole nitrogens is 5. The van der Waals surface area contributed by atoms with Crippen molar-refractivity contribution >= 4 is 85.3 Å². The normalized spacial score (nSPS) is 27.7. The molecule has 48 heteroatoms. The van der Waals surface area contributed by atoms with Crippen LogP contribution in [0.2, 0.25) is 0 Å². The number of aliphatic hydroxyl groups is 12. The van der Waals surface area contributed by atoms with Crippen LogP contribution in [0.4, 0.5) is 0 Å². The summed E-state index contributed by atoms with van der Waals surface area (Å²) in [5, 5.41) is 123. The van der Waals surface area contributed by atoms with Crippen molar-refractivity contribution < 1.29 is 89.7 Å². The van der Waals surface area contributed by atoms with Crippen LogP contribution in [0.5, 0.6) is 0 Å². The Hall–Kier alpha value is -7.36. The van der Waals surface area contributed by atoms with Gasteiger partial charge in [0.1, 0.15) is 110 Å². The number of unbranched alkanes of at least 4 members (excludes halogenated alkanes) is 1. The second kappa shape index (κ2) is 51.5. The van der Waals surface area contributed by atoms with Gasteiger partial charge in [-0.1, -0.05) is 32.9 Å². The summed E-state index contributed by atoms with van der Waals surface area (Å²) in [5.41, 5.74) is -5.78. The van der Waals surface area contributed by atoms with Gasteiger partial charge in [-0.15, -0.1) is 85.7 Å². The minimum absolute atomic E-state index is 0.0854. The van der Waals surface area contributed by atoms with Gasteiger partial charge in [0, 0.05) is 83.7 Å². The number of aryl methyl sites for hydroxylation is 4. The fourth-order valence-corrected chi connectivity index (χ4v) is 22.2. The Morgan fingerprint density at radius 2 is 0.556 bits per heavy atom. The number of allylic oxidation sites excluding steroid dienone is 1. The molecule has 0 aromatic carbocycles.